The standard InChI is InChI=1S/C29H30F4N2O3/c1-38-22-4-5-25-23(15-22)27(20(16-30)17-34-25)26(37)6-7-29(18-36)8-11-35(12-9-29)10-2-3-19-13-21(31)14-24(32)28(19)33/h4-5,13-15,17,26,36-37H,6-12,16,18H2,1H3/t26-/m1/s1. The molecule has 3 aromatic rings. The van der Waals surface area contributed by atoms with Gasteiger partial charge in [-0.3, -0.25) is 9.88 Å². The second kappa shape index (κ2) is 12.1. The predicted octanol–water partition coefficient (Wildman–Crippen LogP) is 5.07. The number of benzene rings is 2. The van der Waals surface area contributed by atoms with Crippen LogP contribution in [0.1, 0.15) is 48.5 Å². The summed E-state index contributed by atoms with van der Waals surface area (Å²) < 4.78 is 59.6. The minimum absolute atomic E-state index is 0.0616. The van der Waals surface area contributed by atoms with E-state index in [0.717, 1.165) is 6.07 Å². The molecule has 0 aliphatic carbocycles. The van der Waals surface area contributed by atoms with Crippen LogP contribution >= 0.6 is 0 Å². The maximum atomic E-state index is 13.8. The Morgan fingerprint density at radius 3 is 2.61 bits per heavy atom. The topological polar surface area (TPSA) is 65.8 Å². The number of ether oxygens (including phenoxy) is 1. The van der Waals surface area contributed by atoms with Gasteiger partial charge in [-0.1, -0.05) is 11.8 Å². The quantitative estimate of drug-likeness (QED) is 0.242. The van der Waals surface area contributed by atoms with Crippen LogP contribution in [-0.4, -0.2) is 53.4 Å². The lowest BCUT2D eigenvalue weighted by Crippen LogP contribution is -2.42. The van der Waals surface area contributed by atoms with Gasteiger partial charge in [-0.2, -0.15) is 0 Å². The molecule has 2 aromatic carbocycles. The molecular weight excluding hydrogens is 500 g/mol. The van der Waals surface area contributed by atoms with E-state index in [4.69, 9.17) is 4.74 Å². The number of alkyl halides is 1. The van der Waals surface area contributed by atoms with Crippen molar-refractivity contribution in [2.24, 2.45) is 5.41 Å². The van der Waals surface area contributed by atoms with Crippen LogP contribution in [0.2, 0.25) is 0 Å². The number of piperidine rings is 1. The van der Waals surface area contributed by atoms with E-state index >= 15 is 0 Å². The Labute approximate surface area is 219 Å². The smallest absolute Gasteiger partial charge is 0.174 e. The van der Waals surface area contributed by atoms with Crippen molar-refractivity contribution < 1.29 is 32.5 Å². The van der Waals surface area contributed by atoms with Crippen molar-refractivity contribution in [1.29, 1.82) is 0 Å². The Kier molecular flexibility index (Phi) is 8.87. The molecule has 38 heavy (non-hydrogen) atoms. The number of nitrogens with zero attached hydrogens (tertiary/aromatic N) is 2. The van der Waals surface area contributed by atoms with E-state index in [-0.39, 0.29) is 18.7 Å². The average molecular weight is 531 g/mol. The van der Waals surface area contributed by atoms with Crippen molar-refractivity contribution in [2.45, 2.75) is 38.5 Å². The van der Waals surface area contributed by atoms with E-state index in [2.05, 4.69) is 16.8 Å². The van der Waals surface area contributed by atoms with E-state index in [9.17, 15) is 27.8 Å². The minimum Gasteiger partial charge on any atom is -0.497 e. The van der Waals surface area contributed by atoms with Crippen LogP contribution in [0.4, 0.5) is 17.6 Å². The van der Waals surface area contributed by atoms with E-state index in [0.29, 0.717) is 72.6 Å². The number of methoxy groups -OCH3 is 1. The molecule has 0 bridgehead atoms. The molecule has 0 unspecified atom stereocenters. The summed E-state index contributed by atoms with van der Waals surface area (Å²) in [5.41, 5.74) is 0.688. The monoisotopic (exact) mass is 530 g/mol. The molecule has 9 heteroatoms. The van der Waals surface area contributed by atoms with Crippen molar-refractivity contribution in [3.05, 3.63) is 70.7 Å². The van der Waals surface area contributed by atoms with E-state index in [1.807, 2.05) is 4.90 Å². The molecule has 5 nitrogen and oxygen atoms in total. The number of pyridine rings is 1. The summed E-state index contributed by atoms with van der Waals surface area (Å²) >= 11 is 0. The molecule has 1 aliphatic heterocycles. The molecule has 2 N–H and O–H groups in total. The number of aromatic nitrogens is 1. The Morgan fingerprint density at radius 2 is 1.92 bits per heavy atom. The first-order valence-electron chi connectivity index (χ1n) is 12.5. The first kappa shape index (κ1) is 27.8. The normalized spacial score (nSPS) is 16.2. The van der Waals surface area contributed by atoms with E-state index in [1.165, 1.54) is 13.3 Å². The molecule has 1 aliphatic rings. The fourth-order valence-corrected chi connectivity index (χ4v) is 5.01. The van der Waals surface area contributed by atoms with Crippen molar-refractivity contribution in [3.8, 4) is 17.6 Å². The molecule has 0 radical (unpaired) electrons. The largest absolute Gasteiger partial charge is 0.497 e. The second-order valence-corrected chi connectivity index (χ2v) is 9.75. The van der Waals surface area contributed by atoms with Gasteiger partial charge in [0.1, 0.15) is 18.2 Å². The average Bonchev–Trinajstić information content (AvgIpc) is 2.94. The minimum atomic E-state index is -1.28. The van der Waals surface area contributed by atoms with Crippen molar-refractivity contribution in [3.63, 3.8) is 0 Å². The van der Waals surface area contributed by atoms with Gasteiger partial charge in [-0.15, -0.1) is 0 Å². The lowest BCUT2D eigenvalue weighted by atomic mass is 9.74. The third-order valence-electron chi connectivity index (χ3n) is 7.40. The molecular formula is C29H30F4N2O3. The summed E-state index contributed by atoms with van der Waals surface area (Å²) in [6, 6.07) is 6.60. The first-order valence-corrected chi connectivity index (χ1v) is 12.5. The second-order valence-electron chi connectivity index (χ2n) is 9.75. The number of fused-ring (bicyclic) bond motifs is 1. The first-order chi connectivity index (χ1) is 18.3. The summed E-state index contributed by atoms with van der Waals surface area (Å²) in [6.07, 6.45) is 2.63. The molecule has 4 rings (SSSR count). The third kappa shape index (κ3) is 6.09. The highest BCUT2D eigenvalue weighted by atomic mass is 19.2. The molecule has 1 saturated heterocycles. The van der Waals surface area contributed by atoms with Gasteiger partial charge in [0.05, 0.1) is 30.8 Å². The van der Waals surface area contributed by atoms with Crippen LogP contribution in [0.25, 0.3) is 10.9 Å². The molecule has 202 valence electrons. The lowest BCUT2D eigenvalue weighted by Gasteiger charge is -2.40. The molecule has 0 spiro atoms. The van der Waals surface area contributed by atoms with Crippen molar-refractivity contribution >= 4 is 10.9 Å². The Hall–Kier alpha value is -3.19. The van der Waals surface area contributed by atoms with Crippen molar-refractivity contribution in [2.75, 3.05) is 33.4 Å². The summed E-state index contributed by atoms with van der Waals surface area (Å²) in [7, 11) is 1.53. The van der Waals surface area contributed by atoms with Gasteiger partial charge in [0.2, 0.25) is 0 Å². The molecule has 2 heterocycles. The fourth-order valence-electron chi connectivity index (χ4n) is 5.01. The predicted molar refractivity (Wildman–Crippen MR) is 136 cm³/mol. The molecule has 1 aromatic heterocycles. The highest BCUT2D eigenvalue weighted by Gasteiger charge is 2.34. The van der Waals surface area contributed by atoms with Crippen LogP contribution in [0, 0.1) is 34.7 Å². The maximum absolute atomic E-state index is 13.8. The number of hydrogen-bond donors (Lipinski definition) is 2. The zero-order valence-electron chi connectivity index (χ0n) is 21.1. The number of hydrogen-bond acceptors (Lipinski definition) is 5. The van der Waals surface area contributed by atoms with Crippen molar-refractivity contribution in [1.82, 2.24) is 9.88 Å². The van der Waals surface area contributed by atoms with Crippen LogP contribution in [0.5, 0.6) is 5.75 Å². The Morgan fingerprint density at radius 1 is 1.16 bits per heavy atom. The Bertz CT molecular complexity index is 1340. The summed E-state index contributed by atoms with van der Waals surface area (Å²) in [4.78, 5) is 6.32. The van der Waals surface area contributed by atoms with Gasteiger partial charge in [0, 0.05) is 29.8 Å². The van der Waals surface area contributed by atoms with Gasteiger partial charge in [-0.05, 0) is 74.0 Å². The summed E-state index contributed by atoms with van der Waals surface area (Å²) in [6.45, 7) is 0.674. The van der Waals surface area contributed by atoms with Gasteiger partial charge in [-0.25, -0.2) is 17.6 Å². The Balaban J connectivity index is 1.40. The number of aliphatic hydroxyl groups excluding tert-OH is 2. The van der Waals surface area contributed by atoms with Crippen LogP contribution in [0.15, 0.2) is 36.5 Å². The SMILES string of the molecule is COc1ccc2ncc(CF)c([C@H](O)CCC3(CO)CCN(CC#Cc4cc(F)cc(F)c4F)CC3)c2c1. The van der Waals surface area contributed by atoms with Gasteiger partial charge in [0.25, 0.3) is 0 Å². The van der Waals surface area contributed by atoms with Crippen LogP contribution in [0.3, 0.4) is 0 Å². The highest BCUT2D eigenvalue weighted by Crippen LogP contribution is 2.39. The lowest BCUT2D eigenvalue weighted by molar-refractivity contribution is 0.0272. The third-order valence-corrected chi connectivity index (χ3v) is 7.40. The molecule has 0 saturated carbocycles. The molecule has 1 fully saturated rings. The van der Waals surface area contributed by atoms with Gasteiger partial charge in [0.15, 0.2) is 11.6 Å². The molecule has 0 amide bonds. The zero-order chi connectivity index (χ0) is 27.3. The molecule has 1 atom stereocenters. The zero-order valence-corrected chi connectivity index (χ0v) is 21.1. The van der Waals surface area contributed by atoms with Crippen LogP contribution < -0.4 is 4.74 Å². The number of likely N-dealkylation sites (tertiary alicyclic amines) is 1. The highest BCUT2D eigenvalue weighted by molar-refractivity contribution is 5.85. The maximum Gasteiger partial charge on any atom is 0.174 e. The van der Waals surface area contributed by atoms with E-state index in [1.54, 1.807) is 18.2 Å². The van der Waals surface area contributed by atoms with Crippen LogP contribution in [-0.2, 0) is 6.67 Å². The summed E-state index contributed by atoms with van der Waals surface area (Å²) in [5.74, 6) is 2.50. The van der Waals surface area contributed by atoms with E-state index < -0.39 is 35.6 Å². The number of halogens is 4. The number of rotatable bonds is 8. The fraction of sp³-hybridized carbons (Fsp3) is 0.414. The summed E-state index contributed by atoms with van der Waals surface area (Å²) in [5, 5.41) is 22.0. The van der Waals surface area contributed by atoms with Gasteiger partial charge < -0.3 is 14.9 Å². The number of aliphatic hydroxyl groups is 2. The van der Waals surface area contributed by atoms with Gasteiger partial charge >= 0.3 is 0 Å².